The number of benzene rings is 2. The van der Waals surface area contributed by atoms with Crippen LogP contribution in [0.3, 0.4) is 0 Å². The summed E-state index contributed by atoms with van der Waals surface area (Å²) in [6, 6.07) is 14.4. The number of fused-ring (bicyclic) bond motifs is 1. The molecule has 0 fully saturated rings. The third kappa shape index (κ3) is 3.75. The van der Waals surface area contributed by atoms with Gasteiger partial charge in [-0.3, -0.25) is 10.1 Å². The van der Waals surface area contributed by atoms with Gasteiger partial charge in [0.25, 0.3) is 0 Å². The largest absolute Gasteiger partial charge is 0.298 e. The van der Waals surface area contributed by atoms with Crippen molar-refractivity contribution in [1.82, 2.24) is 4.98 Å². The second-order valence-corrected chi connectivity index (χ2v) is 6.15. The summed E-state index contributed by atoms with van der Waals surface area (Å²) in [5.74, 6) is -0.264. The second kappa shape index (κ2) is 6.61. The van der Waals surface area contributed by atoms with E-state index >= 15 is 0 Å². The van der Waals surface area contributed by atoms with E-state index in [0.717, 1.165) is 15.8 Å². The van der Waals surface area contributed by atoms with Gasteiger partial charge in [-0.15, -0.1) is 0 Å². The summed E-state index contributed by atoms with van der Waals surface area (Å²) in [6.45, 7) is 0. The molecule has 0 aliphatic carbocycles. The first-order chi connectivity index (χ1) is 11.1. The van der Waals surface area contributed by atoms with Crippen LogP contribution in [0.25, 0.3) is 16.3 Å². The van der Waals surface area contributed by atoms with Gasteiger partial charge in [-0.25, -0.2) is 4.98 Å². The lowest BCUT2D eigenvalue weighted by Crippen LogP contribution is -2.07. The first kappa shape index (κ1) is 15.2. The van der Waals surface area contributed by atoms with Gasteiger partial charge in [-0.2, -0.15) is 5.26 Å². The molecule has 2 aromatic carbocycles. The van der Waals surface area contributed by atoms with E-state index in [1.54, 1.807) is 36.4 Å². The summed E-state index contributed by atoms with van der Waals surface area (Å²) in [4.78, 5) is 16.3. The van der Waals surface area contributed by atoms with Crippen molar-refractivity contribution in [2.45, 2.75) is 0 Å². The highest BCUT2D eigenvalue weighted by Crippen LogP contribution is 2.28. The van der Waals surface area contributed by atoms with Gasteiger partial charge in [0.05, 0.1) is 21.8 Å². The molecule has 1 amide bonds. The van der Waals surface area contributed by atoms with Crippen molar-refractivity contribution in [3.05, 3.63) is 64.7 Å². The average molecular weight is 340 g/mol. The highest BCUT2D eigenvalue weighted by Gasteiger charge is 2.06. The summed E-state index contributed by atoms with van der Waals surface area (Å²) in [6.07, 6.45) is 3.11. The Morgan fingerprint density at radius 2 is 2.04 bits per heavy atom. The molecular formula is C17H10ClN3OS. The van der Waals surface area contributed by atoms with Crippen LogP contribution in [0.5, 0.6) is 0 Å². The molecular weight excluding hydrogens is 330 g/mol. The van der Waals surface area contributed by atoms with Crippen LogP contribution >= 0.6 is 22.9 Å². The summed E-state index contributed by atoms with van der Waals surface area (Å²) in [5, 5.41) is 12.6. The lowest BCUT2D eigenvalue weighted by molar-refractivity contribution is -0.111. The Labute approximate surface area is 141 Å². The number of hydrogen-bond acceptors (Lipinski definition) is 4. The van der Waals surface area contributed by atoms with Crippen LogP contribution in [0.1, 0.15) is 11.1 Å². The van der Waals surface area contributed by atoms with Crippen molar-refractivity contribution in [2.75, 3.05) is 5.32 Å². The number of halogens is 1. The zero-order valence-electron chi connectivity index (χ0n) is 11.8. The number of aromatic nitrogens is 1. The van der Waals surface area contributed by atoms with Crippen LogP contribution in [0.4, 0.5) is 5.13 Å². The standard InChI is InChI=1S/C17H10ClN3OS/c18-13-6-7-14-15(9-13)23-17(20-14)21-16(22)8-5-11-1-3-12(10-19)4-2-11/h1-9H,(H,20,21,22)/b8-5+. The van der Waals surface area contributed by atoms with E-state index in [4.69, 9.17) is 16.9 Å². The number of amides is 1. The molecule has 0 aliphatic heterocycles. The predicted octanol–water partition coefficient (Wildman–Crippen LogP) is 4.47. The molecule has 0 unspecified atom stereocenters. The molecule has 0 saturated carbocycles. The van der Waals surface area contributed by atoms with Gasteiger partial charge in [0.15, 0.2) is 5.13 Å². The van der Waals surface area contributed by atoms with Crippen LogP contribution < -0.4 is 5.32 Å². The highest BCUT2D eigenvalue weighted by molar-refractivity contribution is 7.22. The van der Waals surface area contributed by atoms with Crippen molar-refractivity contribution in [3.8, 4) is 6.07 Å². The van der Waals surface area contributed by atoms with E-state index in [2.05, 4.69) is 10.3 Å². The van der Waals surface area contributed by atoms with E-state index in [0.29, 0.717) is 15.7 Å². The second-order valence-electron chi connectivity index (χ2n) is 4.69. The number of thiazole rings is 1. The predicted molar refractivity (Wildman–Crippen MR) is 93.5 cm³/mol. The van der Waals surface area contributed by atoms with E-state index < -0.39 is 0 Å². The van der Waals surface area contributed by atoms with Crippen molar-refractivity contribution >= 4 is 50.3 Å². The zero-order chi connectivity index (χ0) is 16.2. The summed E-state index contributed by atoms with van der Waals surface area (Å²) in [7, 11) is 0. The molecule has 6 heteroatoms. The Kier molecular flexibility index (Phi) is 4.38. The number of hydrogen-bond donors (Lipinski definition) is 1. The fraction of sp³-hybridized carbons (Fsp3) is 0. The minimum absolute atomic E-state index is 0.264. The van der Waals surface area contributed by atoms with Gasteiger partial charge in [0.1, 0.15) is 0 Å². The van der Waals surface area contributed by atoms with Crippen molar-refractivity contribution in [2.24, 2.45) is 0 Å². The Hall–Kier alpha value is -2.68. The molecule has 112 valence electrons. The molecule has 1 N–H and O–H groups in total. The Morgan fingerprint density at radius 3 is 2.78 bits per heavy atom. The smallest absolute Gasteiger partial charge is 0.250 e. The number of carbonyl (C=O) groups is 1. The van der Waals surface area contributed by atoms with Crippen LogP contribution in [0.15, 0.2) is 48.5 Å². The Morgan fingerprint density at radius 1 is 1.26 bits per heavy atom. The third-order valence-corrected chi connectivity index (χ3v) is 4.22. The fourth-order valence-corrected chi connectivity index (χ4v) is 3.08. The number of nitrogens with zero attached hydrogens (tertiary/aromatic N) is 2. The SMILES string of the molecule is N#Cc1ccc(/C=C/C(=O)Nc2nc3ccc(Cl)cc3s2)cc1. The van der Waals surface area contributed by atoms with Gasteiger partial charge < -0.3 is 0 Å². The van der Waals surface area contributed by atoms with Crippen molar-refractivity contribution < 1.29 is 4.79 Å². The fourth-order valence-electron chi connectivity index (χ4n) is 1.94. The van der Waals surface area contributed by atoms with E-state index in [1.165, 1.54) is 17.4 Å². The number of anilines is 1. The first-order valence-corrected chi connectivity index (χ1v) is 7.89. The van der Waals surface area contributed by atoms with Crippen LogP contribution in [-0.4, -0.2) is 10.9 Å². The zero-order valence-corrected chi connectivity index (χ0v) is 13.4. The Balaban J connectivity index is 1.70. The molecule has 0 aliphatic rings. The maximum atomic E-state index is 11.9. The molecule has 1 aromatic heterocycles. The van der Waals surface area contributed by atoms with Crippen LogP contribution in [0.2, 0.25) is 5.02 Å². The quantitative estimate of drug-likeness (QED) is 0.716. The molecule has 0 atom stereocenters. The van der Waals surface area contributed by atoms with Gasteiger partial charge >= 0.3 is 0 Å². The van der Waals surface area contributed by atoms with E-state index in [-0.39, 0.29) is 5.91 Å². The molecule has 0 saturated heterocycles. The van der Waals surface area contributed by atoms with Crippen LogP contribution in [0, 0.1) is 11.3 Å². The monoisotopic (exact) mass is 339 g/mol. The van der Waals surface area contributed by atoms with Gasteiger partial charge in [0.2, 0.25) is 5.91 Å². The molecule has 3 rings (SSSR count). The number of rotatable bonds is 3. The number of nitriles is 1. The summed E-state index contributed by atoms with van der Waals surface area (Å²) >= 11 is 7.30. The molecule has 3 aromatic rings. The normalized spacial score (nSPS) is 10.8. The van der Waals surface area contributed by atoms with Gasteiger partial charge in [-0.1, -0.05) is 35.1 Å². The first-order valence-electron chi connectivity index (χ1n) is 6.69. The van der Waals surface area contributed by atoms with E-state index in [1.807, 2.05) is 18.2 Å². The van der Waals surface area contributed by atoms with Crippen LogP contribution in [-0.2, 0) is 4.79 Å². The molecule has 1 heterocycles. The molecule has 23 heavy (non-hydrogen) atoms. The molecule has 0 spiro atoms. The molecule has 0 bridgehead atoms. The molecule has 0 radical (unpaired) electrons. The Bertz CT molecular complexity index is 939. The minimum Gasteiger partial charge on any atom is -0.298 e. The number of carbonyl (C=O) groups excluding carboxylic acids is 1. The summed E-state index contributed by atoms with van der Waals surface area (Å²) in [5.41, 5.74) is 2.22. The van der Waals surface area contributed by atoms with Gasteiger partial charge in [0, 0.05) is 11.1 Å². The van der Waals surface area contributed by atoms with Gasteiger partial charge in [-0.05, 0) is 42.0 Å². The van der Waals surface area contributed by atoms with Crippen molar-refractivity contribution in [1.29, 1.82) is 5.26 Å². The average Bonchev–Trinajstić information content (AvgIpc) is 2.94. The lowest BCUT2D eigenvalue weighted by atomic mass is 10.1. The lowest BCUT2D eigenvalue weighted by Gasteiger charge is -1.96. The van der Waals surface area contributed by atoms with Crippen molar-refractivity contribution in [3.63, 3.8) is 0 Å². The number of nitrogens with one attached hydrogen (secondary N) is 1. The topological polar surface area (TPSA) is 65.8 Å². The maximum absolute atomic E-state index is 11.9. The molecule has 4 nitrogen and oxygen atoms in total. The highest BCUT2D eigenvalue weighted by atomic mass is 35.5. The minimum atomic E-state index is -0.264. The maximum Gasteiger partial charge on any atom is 0.250 e. The third-order valence-electron chi connectivity index (χ3n) is 3.05. The van der Waals surface area contributed by atoms with E-state index in [9.17, 15) is 4.79 Å². The summed E-state index contributed by atoms with van der Waals surface area (Å²) < 4.78 is 0.920.